The minimum atomic E-state index is 0.311. The molecule has 1 aromatic carbocycles. The third-order valence-electron chi connectivity index (χ3n) is 4.99. The number of nitrogens with zero attached hydrogens (tertiary/aromatic N) is 2. The van der Waals surface area contributed by atoms with E-state index in [2.05, 4.69) is 60.8 Å². The van der Waals surface area contributed by atoms with Crippen molar-refractivity contribution in [1.82, 2.24) is 15.5 Å². The second-order valence-corrected chi connectivity index (χ2v) is 7.83. The van der Waals surface area contributed by atoms with E-state index >= 15 is 0 Å². The Morgan fingerprint density at radius 1 is 1.33 bits per heavy atom. The van der Waals surface area contributed by atoms with E-state index in [0.717, 1.165) is 44.9 Å². The number of aliphatic imine (C=N–C) groups is 1. The summed E-state index contributed by atoms with van der Waals surface area (Å²) in [6.45, 7) is 9.58. The number of hydrogen-bond donors (Lipinski definition) is 2. The number of carbonyl (C=O) groups excluding carboxylic acids is 1. The van der Waals surface area contributed by atoms with Gasteiger partial charge in [-0.2, -0.15) is 0 Å². The molecule has 27 heavy (non-hydrogen) atoms. The molecule has 1 amide bonds. The fraction of sp³-hybridized carbons (Fsp3) is 0.619. The van der Waals surface area contributed by atoms with Crippen molar-refractivity contribution in [2.24, 2.45) is 4.99 Å². The number of carbonyl (C=O) groups is 1. The highest BCUT2D eigenvalue weighted by molar-refractivity contribution is 7.98. The molecule has 150 valence electrons. The Bertz CT molecular complexity index is 647. The molecule has 1 atom stereocenters. The van der Waals surface area contributed by atoms with Gasteiger partial charge in [-0.3, -0.25) is 4.79 Å². The number of likely N-dealkylation sites (tertiary alicyclic amines) is 1. The molecule has 5 nitrogen and oxygen atoms in total. The molecular weight excluding hydrogens is 356 g/mol. The van der Waals surface area contributed by atoms with E-state index in [1.54, 1.807) is 11.8 Å². The van der Waals surface area contributed by atoms with Crippen LogP contribution in [0.15, 0.2) is 28.1 Å². The van der Waals surface area contributed by atoms with Gasteiger partial charge in [-0.1, -0.05) is 19.1 Å². The molecule has 1 fully saturated rings. The SMILES string of the molecule is CCNC(=NCc1ccc(C)cc1SC)NCCC(CC)N1CCCC1=O. The van der Waals surface area contributed by atoms with Crippen LogP contribution in [0.4, 0.5) is 0 Å². The van der Waals surface area contributed by atoms with Crippen LogP contribution >= 0.6 is 11.8 Å². The minimum absolute atomic E-state index is 0.311. The summed E-state index contributed by atoms with van der Waals surface area (Å²) in [4.78, 5) is 20.1. The summed E-state index contributed by atoms with van der Waals surface area (Å²) in [6.07, 6.45) is 5.77. The number of amides is 1. The van der Waals surface area contributed by atoms with Gasteiger partial charge in [0.15, 0.2) is 5.96 Å². The largest absolute Gasteiger partial charge is 0.357 e. The van der Waals surface area contributed by atoms with Gasteiger partial charge in [0.1, 0.15) is 0 Å². The lowest BCUT2D eigenvalue weighted by Gasteiger charge is -2.27. The minimum Gasteiger partial charge on any atom is -0.357 e. The normalized spacial score (nSPS) is 15.9. The Labute approximate surface area is 168 Å². The van der Waals surface area contributed by atoms with Crippen LogP contribution < -0.4 is 10.6 Å². The number of nitrogens with one attached hydrogen (secondary N) is 2. The third-order valence-corrected chi connectivity index (χ3v) is 5.81. The van der Waals surface area contributed by atoms with Gasteiger partial charge in [-0.15, -0.1) is 11.8 Å². The van der Waals surface area contributed by atoms with Crippen molar-refractivity contribution in [2.75, 3.05) is 25.9 Å². The van der Waals surface area contributed by atoms with Crippen LogP contribution in [-0.2, 0) is 11.3 Å². The van der Waals surface area contributed by atoms with E-state index < -0.39 is 0 Å². The van der Waals surface area contributed by atoms with Crippen LogP contribution in [0.5, 0.6) is 0 Å². The summed E-state index contributed by atoms with van der Waals surface area (Å²) < 4.78 is 0. The van der Waals surface area contributed by atoms with Crippen LogP contribution in [0.3, 0.4) is 0 Å². The van der Waals surface area contributed by atoms with Gasteiger partial charge in [0.25, 0.3) is 0 Å². The molecule has 0 spiro atoms. The lowest BCUT2D eigenvalue weighted by molar-refractivity contribution is -0.129. The fourth-order valence-corrected chi connectivity index (χ4v) is 4.18. The highest BCUT2D eigenvalue weighted by Gasteiger charge is 2.26. The predicted molar refractivity (Wildman–Crippen MR) is 115 cm³/mol. The van der Waals surface area contributed by atoms with Crippen molar-refractivity contribution < 1.29 is 4.79 Å². The van der Waals surface area contributed by atoms with Crippen molar-refractivity contribution in [1.29, 1.82) is 0 Å². The fourth-order valence-electron chi connectivity index (χ4n) is 3.48. The molecule has 0 aliphatic carbocycles. The van der Waals surface area contributed by atoms with Crippen molar-refractivity contribution in [3.05, 3.63) is 29.3 Å². The van der Waals surface area contributed by atoms with Crippen molar-refractivity contribution >= 4 is 23.6 Å². The standard InChI is InChI=1S/C21H34N4OS/c1-5-18(25-13-7-8-20(25)26)11-12-23-21(22-6-2)24-15-17-10-9-16(3)14-19(17)27-4/h9-10,14,18H,5-8,11-13,15H2,1-4H3,(H2,22,23,24). The number of benzene rings is 1. The highest BCUT2D eigenvalue weighted by Crippen LogP contribution is 2.22. The summed E-state index contributed by atoms with van der Waals surface area (Å²) in [7, 11) is 0. The first-order valence-electron chi connectivity index (χ1n) is 10.0. The van der Waals surface area contributed by atoms with Gasteiger partial charge in [0.05, 0.1) is 6.54 Å². The lowest BCUT2D eigenvalue weighted by Crippen LogP contribution is -2.42. The summed E-state index contributed by atoms with van der Waals surface area (Å²) in [5, 5.41) is 6.76. The Morgan fingerprint density at radius 2 is 2.15 bits per heavy atom. The van der Waals surface area contributed by atoms with E-state index in [-0.39, 0.29) is 0 Å². The topological polar surface area (TPSA) is 56.7 Å². The number of rotatable bonds is 9. The van der Waals surface area contributed by atoms with Crippen LogP contribution in [-0.4, -0.2) is 48.7 Å². The maximum Gasteiger partial charge on any atom is 0.222 e. The molecule has 0 bridgehead atoms. The summed E-state index contributed by atoms with van der Waals surface area (Å²) in [5.41, 5.74) is 2.53. The molecule has 1 heterocycles. The van der Waals surface area contributed by atoms with Crippen molar-refractivity contribution in [3.63, 3.8) is 0 Å². The first kappa shape index (κ1) is 21.6. The number of hydrogen-bond acceptors (Lipinski definition) is 3. The van der Waals surface area contributed by atoms with Gasteiger partial charge in [0.2, 0.25) is 5.91 Å². The maximum absolute atomic E-state index is 12.0. The van der Waals surface area contributed by atoms with Crippen molar-refractivity contribution in [2.45, 2.75) is 63.9 Å². The molecular formula is C21H34N4OS. The molecule has 1 saturated heterocycles. The van der Waals surface area contributed by atoms with E-state index in [1.807, 2.05) is 0 Å². The Kier molecular flexibility index (Phi) is 8.98. The van der Waals surface area contributed by atoms with Gasteiger partial charge in [-0.25, -0.2) is 4.99 Å². The maximum atomic E-state index is 12.0. The quantitative estimate of drug-likeness (QED) is 0.385. The molecule has 1 aliphatic rings. The zero-order chi connectivity index (χ0) is 19.6. The molecule has 0 saturated carbocycles. The smallest absolute Gasteiger partial charge is 0.222 e. The number of guanidine groups is 1. The van der Waals surface area contributed by atoms with E-state index in [1.165, 1.54) is 16.0 Å². The first-order chi connectivity index (χ1) is 13.1. The lowest BCUT2D eigenvalue weighted by atomic mass is 10.1. The zero-order valence-electron chi connectivity index (χ0n) is 17.2. The molecule has 0 aromatic heterocycles. The van der Waals surface area contributed by atoms with Crippen LogP contribution in [0.2, 0.25) is 0 Å². The zero-order valence-corrected chi connectivity index (χ0v) is 18.0. The van der Waals surface area contributed by atoms with Gasteiger partial charge in [-0.05, 0) is 56.6 Å². The van der Waals surface area contributed by atoms with Crippen LogP contribution in [0.1, 0.15) is 50.7 Å². The summed E-state index contributed by atoms with van der Waals surface area (Å²) in [6, 6.07) is 6.86. The molecule has 1 aliphatic heterocycles. The Morgan fingerprint density at radius 3 is 2.78 bits per heavy atom. The molecule has 2 rings (SSSR count). The van der Waals surface area contributed by atoms with Gasteiger partial charge >= 0.3 is 0 Å². The van der Waals surface area contributed by atoms with Crippen LogP contribution in [0, 0.1) is 6.92 Å². The highest BCUT2D eigenvalue weighted by atomic mass is 32.2. The second-order valence-electron chi connectivity index (χ2n) is 6.98. The molecule has 6 heteroatoms. The molecule has 0 radical (unpaired) electrons. The van der Waals surface area contributed by atoms with E-state index in [9.17, 15) is 4.79 Å². The average molecular weight is 391 g/mol. The molecule has 1 unspecified atom stereocenters. The average Bonchev–Trinajstić information content (AvgIpc) is 3.09. The Balaban J connectivity index is 1.92. The van der Waals surface area contributed by atoms with E-state index in [4.69, 9.17) is 4.99 Å². The van der Waals surface area contributed by atoms with Gasteiger partial charge < -0.3 is 15.5 Å². The van der Waals surface area contributed by atoms with Gasteiger partial charge in [0, 0.05) is 37.0 Å². The second kappa shape index (κ2) is 11.2. The van der Waals surface area contributed by atoms with E-state index in [0.29, 0.717) is 24.9 Å². The van der Waals surface area contributed by atoms with Crippen LogP contribution in [0.25, 0.3) is 0 Å². The molecule has 1 aromatic rings. The molecule has 2 N–H and O–H groups in total. The first-order valence-corrected chi connectivity index (χ1v) is 11.3. The van der Waals surface area contributed by atoms with Crippen molar-refractivity contribution in [3.8, 4) is 0 Å². The summed E-state index contributed by atoms with van der Waals surface area (Å²) in [5.74, 6) is 1.15. The number of aryl methyl sites for hydroxylation is 1. The Hall–Kier alpha value is -1.69. The monoisotopic (exact) mass is 390 g/mol. The number of thioether (sulfide) groups is 1. The predicted octanol–water partition coefficient (Wildman–Crippen LogP) is 3.56. The third kappa shape index (κ3) is 6.45. The summed E-state index contributed by atoms with van der Waals surface area (Å²) >= 11 is 1.77.